The summed E-state index contributed by atoms with van der Waals surface area (Å²) in [7, 11) is 0. The molecular weight excluding hydrogens is 356 g/mol. The first-order chi connectivity index (χ1) is 12.8. The summed E-state index contributed by atoms with van der Waals surface area (Å²) in [6.45, 7) is 2.47. The van der Waals surface area contributed by atoms with Crippen molar-refractivity contribution in [3.63, 3.8) is 0 Å². The second-order valence-electron chi connectivity index (χ2n) is 5.50. The summed E-state index contributed by atoms with van der Waals surface area (Å²) < 4.78 is 0. The predicted molar refractivity (Wildman–Crippen MR) is 96.8 cm³/mol. The molecule has 10 heteroatoms. The molecular formula is C17H16N4O6. The summed E-state index contributed by atoms with van der Waals surface area (Å²) in [5, 5.41) is 27.0. The number of nitro groups is 2. The summed E-state index contributed by atoms with van der Waals surface area (Å²) >= 11 is 0. The number of benzene rings is 2. The Hall–Kier alpha value is -3.82. The number of nitro benzene ring substituents is 2. The average Bonchev–Trinajstić information content (AvgIpc) is 2.65. The lowest BCUT2D eigenvalue weighted by molar-refractivity contribution is -0.394. The average molecular weight is 372 g/mol. The quantitative estimate of drug-likeness (QED) is 0.565. The minimum Gasteiger partial charge on any atom is -0.352 e. The molecule has 0 saturated heterocycles. The summed E-state index contributed by atoms with van der Waals surface area (Å²) in [6.07, 6.45) is 0.800. The lowest BCUT2D eigenvalue weighted by Crippen LogP contribution is -2.23. The maximum atomic E-state index is 12.3. The third kappa shape index (κ3) is 4.84. The first kappa shape index (κ1) is 19.5. The van der Waals surface area contributed by atoms with Gasteiger partial charge < -0.3 is 10.6 Å². The summed E-state index contributed by atoms with van der Waals surface area (Å²) in [6, 6.07) is 8.75. The second kappa shape index (κ2) is 8.52. The fraction of sp³-hybridized carbons (Fsp3) is 0.176. The van der Waals surface area contributed by atoms with Crippen molar-refractivity contribution in [3.05, 3.63) is 73.8 Å². The van der Waals surface area contributed by atoms with E-state index in [9.17, 15) is 29.8 Å². The first-order valence-electron chi connectivity index (χ1n) is 7.96. The zero-order chi connectivity index (χ0) is 20.0. The maximum Gasteiger partial charge on any atom is 0.289 e. The van der Waals surface area contributed by atoms with Gasteiger partial charge in [0, 0.05) is 23.9 Å². The molecule has 0 bridgehead atoms. The van der Waals surface area contributed by atoms with E-state index in [4.69, 9.17) is 0 Å². The molecule has 140 valence electrons. The number of rotatable bonds is 7. The minimum atomic E-state index is -0.858. The van der Waals surface area contributed by atoms with Gasteiger partial charge in [0.05, 0.1) is 15.9 Å². The van der Waals surface area contributed by atoms with Crippen LogP contribution >= 0.6 is 0 Å². The van der Waals surface area contributed by atoms with E-state index in [2.05, 4.69) is 10.6 Å². The van der Waals surface area contributed by atoms with Crippen LogP contribution in [0.25, 0.3) is 0 Å². The van der Waals surface area contributed by atoms with Crippen molar-refractivity contribution in [2.24, 2.45) is 0 Å². The topological polar surface area (TPSA) is 144 Å². The molecule has 10 nitrogen and oxygen atoms in total. The van der Waals surface area contributed by atoms with Crippen LogP contribution in [0.3, 0.4) is 0 Å². The van der Waals surface area contributed by atoms with Crippen LogP contribution in [0.5, 0.6) is 0 Å². The summed E-state index contributed by atoms with van der Waals surface area (Å²) in [5.74, 6) is -1.04. The van der Waals surface area contributed by atoms with Gasteiger partial charge in [0.1, 0.15) is 5.56 Å². The summed E-state index contributed by atoms with van der Waals surface area (Å²) in [4.78, 5) is 44.4. The molecule has 0 heterocycles. The predicted octanol–water partition coefficient (Wildman–Crippen LogP) is 2.90. The molecule has 0 aliphatic rings. The van der Waals surface area contributed by atoms with E-state index in [1.54, 1.807) is 0 Å². The molecule has 0 atom stereocenters. The minimum absolute atomic E-state index is 0.249. The van der Waals surface area contributed by atoms with E-state index in [1.165, 1.54) is 24.3 Å². The zero-order valence-electron chi connectivity index (χ0n) is 14.3. The van der Waals surface area contributed by atoms with E-state index in [0.717, 1.165) is 24.6 Å². The van der Waals surface area contributed by atoms with Gasteiger partial charge in [-0.3, -0.25) is 29.8 Å². The smallest absolute Gasteiger partial charge is 0.289 e. The second-order valence-corrected chi connectivity index (χ2v) is 5.50. The van der Waals surface area contributed by atoms with Crippen LogP contribution < -0.4 is 10.6 Å². The monoisotopic (exact) mass is 372 g/mol. The lowest BCUT2D eigenvalue weighted by atomic mass is 10.1. The Kier molecular flexibility index (Phi) is 6.15. The molecule has 0 spiro atoms. The molecule has 2 N–H and O–H groups in total. The Balaban J connectivity index is 2.18. The van der Waals surface area contributed by atoms with Gasteiger partial charge in [-0.15, -0.1) is 0 Å². The highest BCUT2D eigenvalue weighted by Gasteiger charge is 2.24. The van der Waals surface area contributed by atoms with E-state index in [-0.39, 0.29) is 11.5 Å². The van der Waals surface area contributed by atoms with E-state index in [0.29, 0.717) is 17.8 Å². The molecule has 2 amide bonds. The molecule has 0 fully saturated rings. The molecule has 0 radical (unpaired) electrons. The number of nitrogens with one attached hydrogen (secondary N) is 2. The SMILES string of the molecule is CCCNC(=O)c1ccc(NC(=O)c2ccc([N+](=O)[O-])cc2[N+](=O)[O-])cc1. The van der Waals surface area contributed by atoms with Crippen LogP contribution in [0.2, 0.25) is 0 Å². The number of non-ortho nitro benzene ring substituents is 1. The Morgan fingerprint density at radius 2 is 1.63 bits per heavy atom. The van der Waals surface area contributed by atoms with Crippen molar-refractivity contribution in [3.8, 4) is 0 Å². The maximum absolute atomic E-state index is 12.3. The van der Waals surface area contributed by atoms with Gasteiger partial charge in [-0.2, -0.15) is 0 Å². The van der Waals surface area contributed by atoms with Gasteiger partial charge in [0.25, 0.3) is 23.2 Å². The van der Waals surface area contributed by atoms with Gasteiger partial charge in [0.15, 0.2) is 0 Å². The van der Waals surface area contributed by atoms with Crippen molar-refractivity contribution in [1.29, 1.82) is 0 Å². The van der Waals surface area contributed by atoms with Crippen LogP contribution in [0.4, 0.5) is 17.1 Å². The Labute approximate surface area is 153 Å². The van der Waals surface area contributed by atoms with Crippen molar-refractivity contribution < 1.29 is 19.4 Å². The highest BCUT2D eigenvalue weighted by Crippen LogP contribution is 2.25. The molecule has 0 unspecified atom stereocenters. The number of anilines is 1. The molecule has 0 aromatic heterocycles. The Morgan fingerprint density at radius 1 is 0.963 bits per heavy atom. The molecule has 2 aromatic carbocycles. The third-order valence-corrected chi connectivity index (χ3v) is 3.57. The number of carbonyl (C=O) groups is 2. The standard InChI is InChI=1S/C17H16N4O6/c1-2-9-18-16(22)11-3-5-12(6-4-11)19-17(23)14-8-7-13(20(24)25)10-15(14)21(26)27/h3-8,10H,2,9H2,1H3,(H,18,22)(H,19,23). The number of nitrogens with zero attached hydrogens (tertiary/aromatic N) is 2. The van der Waals surface area contributed by atoms with E-state index in [1.807, 2.05) is 6.92 Å². The molecule has 0 aliphatic carbocycles. The van der Waals surface area contributed by atoms with Crippen LogP contribution in [-0.4, -0.2) is 28.2 Å². The van der Waals surface area contributed by atoms with E-state index >= 15 is 0 Å². The summed E-state index contributed by atoms with van der Waals surface area (Å²) in [5.41, 5.74) is -0.740. The van der Waals surface area contributed by atoms with Gasteiger partial charge in [-0.25, -0.2) is 0 Å². The lowest BCUT2D eigenvalue weighted by Gasteiger charge is -2.07. The normalized spacial score (nSPS) is 10.1. The van der Waals surface area contributed by atoms with Gasteiger partial charge in [-0.05, 0) is 36.8 Å². The van der Waals surface area contributed by atoms with Gasteiger partial charge >= 0.3 is 0 Å². The number of carbonyl (C=O) groups excluding carboxylic acids is 2. The highest BCUT2D eigenvalue weighted by atomic mass is 16.6. The van der Waals surface area contributed by atoms with Gasteiger partial charge in [-0.1, -0.05) is 6.92 Å². The fourth-order valence-electron chi connectivity index (χ4n) is 2.22. The van der Waals surface area contributed by atoms with Crippen molar-refractivity contribution in [1.82, 2.24) is 5.32 Å². The van der Waals surface area contributed by atoms with E-state index < -0.39 is 27.1 Å². The zero-order valence-corrected chi connectivity index (χ0v) is 14.3. The van der Waals surface area contributed by atoms with Crippen LogP contribution in [0, 0.1) is 20.2 Å². The van der Waals surface area contributed by atoms with Crippen LogP contribution in [0.15, 0.2) is 42.5 Å². The van der Waals surface area contributed by atoms with Crippen molar-refractivity contribution in [2.75, 3.05) is 11.9 Å². The molecule has 27 heavy (non-hydrogen) atoms. The third-order valence-electron chi connectivity index (χ3n) is 3.57. The number of hydrogen-bond acceptors (Lipinski definition) is 6. The molecule has 2 rings (SSSR count). The Morgan fingerprint density at radius 3 is 2.19 bits per heavy atom. The number of hydrogen-bond donors (Lipinski definition) is 2. The first-order valence-corrected chi connectivity index (χ1v) is 7.96. The fourth-order valence-corrected chi connectivity index (χ4v) is 2.22. The van der Waals surface area contributed by atoms with Crippen molar-refractivity contribution in [2.45, 2.75) is 13.3 Å². The largest absolute Gasteiger partial charge is 0.352 e. The van der Waals surface area contributed by atoms with Crippen LogP contribution in [-0.2, 0) is 0 Å². The molecule has 0 saturated carbocycles. The Bertz CT molecular complexity index is 895. The molecule has 0 aliphatic heterocycles. The van der Waals surface area contributed by atoms with Gasteiger partial charge in [0.2, 0.25) is 0 Å². The molecule has 2 aromatic rings. The van der Waals surface area contributed by atoms with Crippen molar-refractivity contribution >= 4 is 28.9 Å². The van der Waals surface area contributed by atoms with Crippen LogP contribution in [0.1, 0.15) is 34.1 Å². The highest BCUT2D eigenvalue weighted by molar-refractivity contribution is 6.07. The number of amides is 2.